The van der Waals surface area contributed by atoms with Crippen LogP contribution in [0.5, 0.6) is 0 Å². The van der Waals surface area contributed by atoms with E-state index in [2.05, 4.69) is 0 Å². The molecule has 1 saturated heterocycles. The number of likely N-dealkylation sites (tertiary alicyclic amines) is 1. The topological polar surface area (TPSA) is 29.5 Å². The Labute approximate surface area is 113 Å². The van der Waals surface area contributed by atoms with Crippen LogP contribution in [0.3, 0.4) is 0 Å². The molecule has 1 aliphatic rings. The zero-order valence-corrected chi connectivity index (χ0v) is 10.8. The van der Waals surface area contributed by atoms with Crippen molar-refractivity contribution < 1.29 is 13.6 Å². The van der Waals surface area contributed by atoms with Crippen molar-refractivity contribution in [2.24, 2.45) is 5.41 Å². The summed E-state index contributed by atoms with van der Waals surface area (Å²) in [6.45, 7) is 2.21. The van der Waals surface area contributed by atoms with Crippen LogP contribution >= 0.6 is 0 Å². The number of carbonyl (C=O) groups excluding carboxylic acids is 1. The molecule has 1 heterocycles. The van der Waals surface area contributed by atoms with E-state index in [1.54, 1.807) is 0 Å². The van der Waals surface area contributed by atoms with E-state index in [0.717, 1.165) is 5.56 Å². The first-order valence-corrected chi connectivity index (χ1v) is 6.16. The highest BCUT2D eigenvalue weighted by Gasteiger charge is 2.39. The van der Waals surface area contributed by atoms with Crippen LogP contribution in [0.25, 0.3) is 0 Å². The highest BCUT2D eigenvalue weighted by molar-refractivity contribution is 5.76. The van der Waals surface area contributed by atoms with Crippen LogP contribution in [0.15, 0.2) is 30.3 Å². The lowest BCUT2D eigenvalue weighted by Gasteiger charge is -2.17. The average molecular weight is 250 g/mol. The molecule has 0 N–H and O–H groups in total. The second-order valence-corrected chi connectivity index (χ2v) is 5.61. The van der Waals surface area contributed by atoms with E-state index in [9.17, 15) is 4.79 Å². The van der Waals surface area contributed by atoms with Crippen molar-refractivity contribution in [1.82, 2.24) is 4.90 Å². The van der Waals surface area contributed by atoms with Crippen LogP contribution in [-0.2, 0) is 16.1 Å². The predicted octanol–water partition coefficient (Wildman–Crippen LogP) is 2.46. The lowest BCUT2D eigenvalue weighted by Crippen LogP contribution is -2.34. The SMILES string of the molecule is [2H]C([2H])([2H])N1CC(C)(C)C[C@H]1C(=O)OCc1ccccc1. The van der Waals surface area contributed by atoms with Crippen molar-refractivity contribution in [2.75, 3.05) is 13.5 Å². The first-order chi connectivity index (χ1) is 9.69. The van der Waals surface area contributed by atoms with Crippen LogP contribution in [0.4, 0.5) is 0 Å². The van der Waals surface area contributed by atoms with Gasteiger partial charge in [0.25, 0.3) is 0 Å². The van der Waals surface area contributed by atoms with Gasteiger partial charge in [-0.2, -0.15) is 0 Å². The fraction of sp³-hybridized carbons (Fsp3) is 0.533. The Bertz CT molecular complexity index is 499. The third-order valence-electron chi connectivity index (χ3n) is 3.22. The van der Waals surface area contributed by atoms with E-state index in [0.29, 0.717) is 13.0 Å². The monoisotopic (exact) mass is 250 g/mol. The Hall–Kier alpha value is -1.35. The molecule has 0 spiro atoms. The number of benzene rings is 1. The minimum Gasteiger partial charge on any atom is -0.460 e. The number of hydrogen-bond acceptors (Lipinski definition) is 3. The standard InChI is InChI=1S/C15H21NO2/c1-15(2)9-13(16(3)11-15)14(17)18-10-12-7-5-4-6-8-12/h4-8,13H,9-11H2,1-3H3/t13-/m0/s1/i3D3. The van der Waals surface area contributed by atoms with Crippen LogP contribution < -0.4 is 0 Å². The maximum atomic E-state index is 12.2. The molecule has 0 amide bonds. The van der Waals surface area contributed by atoms with E-state index < -0.39 is 19.0 Å². The highest BCUT2D eigenvalue weighted by Crippen LogP contribution is 2.33. The number of carbonyl (C=O) groups is 1. The normalized spacial score (nSPS) is 26.1. The van der Waals surface area contributed by atoms with Crippen molar-refractivity contribution in [3.63, 3.8) is 0 Å². The summed E-state index contributed by atoms with van der Waals surface area (Å²) in [4.78, 5) is 13.5. The zero-order chi connectivity index (χ0) is 15.7. The number of likely N-dealkylation sites (N-methyl/N-ethyl adjacent to an activating group) is 1. The molecule has 98 valence electrons. The molecule has 1 aliphatic heterocycles. The summed E-state index contributed by atoms with van der Waals surface area (Å²) in [5, 5.41) is 0. The molecule has 0 bridgehead atoms. The first-order valence-electron chi connectivity index (χ1n) is 7.66. The molecule has 0 aromatic heterocycles. The van der Waals surface area contributed by atoms with Crippen LogP contribution in [0, 0.1) is 5.41 Å². The summed E-state index contributed by atoms with van der Waals surface area (Å²) in [7, 11) is 0. The third-order valence-corrected chi connectivity index (χ3v) is 3.22. The molecular formula is C15H21NO2. The summed E-state index contributed by atoms with van der Waals surface area (Å²) >= 11 is 0. The van der Waals surface area contributed by atoms with E-state index >= 15 is 0 Å². The van der Waals surface area contributed by atoms with Gasteiger partial charge >= 0.3 is 5.97 Å². The maximum Gasteiger partial charge on any atom is 0.323 e. The number of rotatable bonds is 3. The molecule has 0 radical (unpaired) electrons. The summed E-state index contributed by atoms with van der Waals surface area (Å²) < 4.78 is 28.0. The molecule has 1 aromatic carbocycles. The number of nitrogens with zero attached hydrogens (tertiary/aromatic N) is 1. The lowest BCUT2D eigenvalue weighted by atomic mass is 9.91. The van der Waals surface area contributed by atoms with Gasteiger partial charge in [0.1, 0.15) is 12.6 Å². The largest absolute Gasteiger partial charge is 0.460 e. The molecule has 18 heavy (non-hydrogen) atoms. The van der Waals surface area contributed by atoms with Gasteiger partial charge in [0.15, 0.2) is 0 Å². The summed E-state index contributed by atoms with van der Waals surface area (Å²) in [5.41, 5.74) is 0.689. The molecule has 3 heteroatoms. The van der Waals surface area contributed by atoms with Crippen LogP contribution in [0.1, 0.15) is 29.9 Å². The molecule has 0 saturated carbocycles. The van der Waals surface area contributed by atoms with Gasteiger partial charge in [0.05, 0.1) is 0 Å². The molecule has 1 aromatic rings. The van der Waals surface area contributed by atoms with Crippen LogP contribution in [0.2, 0.25) is 0 Å². The van der Waals surface area contributed by atoms with E-state index in [1.165, 1.54) is 4.90 Å². The van der Waals surface area contributed by atoms with E-state index in [4.69, 9.17) is 8.85 Å². The van der Waals surface area contributed by atoms with E-state index in [1.807, 2.05) is 44.2 Å². The third kappa shape index (κ3) is 3.10. The Balaban J connectivity index is 2.03. The number of ether oxygens (including phenoxy) is 1. The minimum atomic E-state index is -2.27. The van der Waals surface area contributed by atoms with Crippen molar-refractivity contribution in [1.29, 1.82) is 0 Å². The molecule has 2 rings (SSSR count). The van der Waals surface area contributed by atoms with Crippen molar-refractivity contribution in [3.05, 3.63) is 35.9 Å². The van der Waals surface area contributed by atoms with Crippen LogP contribution in [-0.4, -0.2) is 30.4 Å². The minimum absolute atomic E-state index is 0.172. The maximum absolute atomic E-state index is 12.2. The summed E-state index contributed by atoms with van der Waals surface area (Å²) in [6, 6.07) is 8.67. The van der Waals surface area contributed by atoms with Crippen molar-refractivity contribution in [3.8, 4) is 0 Å². The van der Waals surface area contributed by atoms with Gasteiger partial charge in [-0.15, -0.1) is 0 Å². The Morgan fingerprint density at radius 3 is 2.89 bits per heavy atom. The van der Waals surface area contributed by atoms with Gasteiger partial charge in [-0.05, 0) is 24.4 Å². The zero-order valence-electron chi connectivity index (χ0n) is 13.8. The molecule has 0 unspecified atom stereocenters. The summed E-state index contributed by atoms with van der Waals surface area (Å²) in [5.74, 6) is -0.458. The van der Waals surface area contributed by atoms with Gasteiger partial charge in [-0.25, -0.2) is 0 Å². The fourth-order valence-corrected chi connectivity index (χ4v) is 2.30. The average Bonchev–Trinajstić information content (AvgIpc) is 2.73. The van der Waals surface area contributed by atoms with E-state index in [-0.39, 0.29) is 12.0 Å². The van der Waals surface area contributed by atoms with Gasteiger partial charge < -0.3 is 4.74 Å². The molecule has 1 atom stereocenters. The second-order valence-electron chi connectivity index (χ2n) is 5.61. The van der Waals surface area contributed by atoms with Crippen molar-refractivity contribution in [2.45, 2.75) is 32.9 Å². The predicted molar refractivity (Wildman–Crippen MR) is 71.1 cm³/mol. The Morgan fingerprint density at radius 1 is 1.50 bits per heavy atom. The number of hydrogen-bond donors (Lipinski definition) is 0. The van der Waals surface area contributed by atoms with Gasteiger partial charge in [-0.1, -0.05) is 44.2 Å². The quantitative estimate of drug-likeness (QED) is 0.772. The lowest BCUT2D eigenvalue weighted by molar-refractivity contribution is -0.149. The first kappa shape index (κ1) is 9.56. The molecule has 3 nitrogen and oxygen atoms in total. The van der Waals surface area contributed by atoms with Gasteiger partial charge in [0.2, 0.25) is 0 Å². The van der Waals surface area contributed by atoms with Gasteiger partial charge in [0, 0.05) is 10.7 Å². The Morgan fingerprint density at radius 2 is 2.22 bits per heavy atom. The molecule has 1 fully saturated rings. The van der Waals surface area contributed by atoms with Crippen molar-refractivity contribution >= 4 is 5.97 Å². The second kappa shape index (κ2) is 5.11. The fourth-order valence-electron chi connectivity index (χ4n) is 2.30. The van der Waals surface area contributed by atoms with Gasteiger partial charge in [-0.3, -0.25) is 9.69 Å². The smallest absolute Gasteiger partial charge is 0.323 e. The highest BCUT2D eigenvalue weighted by atomic mass is 16.5. The Kier molecular flexibility index (Phi) is 2.71. The summed E-state index contributed by atoms with van der Waals surface area (Å²) in [6.07, 6.45) is 0.499. The molecular weight excluding hydrogens is 226 g/mol. The number of esters is 1. The molecule has 0 aliphatic carbocycles.